The van der Waals surface area contributed by atoms with E-state index in [2.05, 4.69) is 10.3 Å². The fourth-order valence-electron chi connectivity index (χ4n) is 1.60. The van der Waals surface area contributed by atoms with E-state index in [9.17, 15) is 4.39 Å². The zero-order chi connectivity index (χ0) is 12.1. The average Bonchev–Trinajstić information content (AvgIpc) is 2.79. The molecule has 0 radical (unpaired) electrons. The van der Waals surface area contributed by atoms with Crippen LogP contribution < -0.4 is 5.32 Å². The molecule has 1 N–H and O–H groups in total. The molecule has 2 aromatic rings. The molecule has 2 rings (SSSR count). The van der Waals surface area contributed by atoms with Gasteiger partial charge in [-0.3, -0.25) is 0 Å². The Kier molecular flexibility index (Phi) is 4.23. The topological polar surface area (TPSA) is 24.9 Å². The van der Waals surface area contributed by atoms with E-state index in [1.54, 1.807) is 23.5 Å². The molecular formula is C13H15FN2S. The van der Waals surface area contributed by atoms with Crippen molar-refractivity contribution in [3.8, 4) is 11.3 Å². The Balaban J connectivity index is 2.04. The smallest absolute Gasteiger partial charge is 0.123 e. The molecule has 4 heteroatoms. The van der Waals surface area contributed by atoms with Gasteiger partial charge >= 0.3 is 0 Å². The Morgan fingerprint density at radius 1 is 1.29 bits per heavy atom. The number of aryl methyl sites for hydroxylation is 1. The van der Waals surface area contributed by atoms with Gasteiger partial charge in [0.1, 0.15) is 5.82 Å². The lowest BCUT2D eigenvalue weighted by Gasteiger charge is -1.97. The molecule has 1 heterocycles. The summed E-state index contributed by atoms with van der Waals surface area (Å²) in [4.78, 5) is 4.55. The molecule has 0 aliphatic heterocycles. The molecule has 2 nitrogen and oxygen atoms in total. The maximum atomic E-state index is 12.8. The summed E-state index contributed by atoms with van der Waals surface area (Å²) < 4.78 is 12.8. The van der Waals surface area contributed by atoms with Gasteiger partial charge in [0.2, 0.25) is 0 Å². The van der Waals surface area contributed by atoms with Crippen molar-refractivity contribution in [1.82, 2.24) is 10.3 Å². The van der Waals surface area contributed by atoms with Gasteiger partial charge in [0.15, 0.2) is 0 Å². The maximum Gasteiger partial charge on any atom is 0.123 e. The van der Waals surface area contributed by atoms with Crippen LogP contribution in [0.3, 0.4) is 0 Å². The third-order valence-electron chi connectivity index (χ3n) is 2.51. The summed E-state index contributed by atoms with van der Waals surface area (Å²) in [5.74, 6) is -0.210. The van der Waals surface area contributed by atoms with Gasteiger partial charge in [-0.15, -0.1) is 11.3 Å². The number of nitrogens with zero attached hydrogens (tertiary/aromatic N) is 1. The van der Waals surface area contributed by atoms with E-state index in [-0.39, 0.29) is 5.82 Å². The van der Waals surface area contributed by atoms with E-state index in [1.165, 1.54) is 12.1 Å². The van der Waals surface area contributed by atoms with E-state index in [0.717, 1.165) is 35.7 Å². The molecule has 0 atom stereocenters. The van der Waals surface area contributed by atoms with Crippen molar-refractivity contribution in [3.05, 3.63) is 40.5 Å². The van der Waals surface area contributed by atoms with Gasteiger partial charge in [-0.05, 0) is 44.3 Å². The first-order chi connectivity index (χ1) is 8.29. The van der Waals surface area contributed by atoms with Crippen molar-refractivity contribution in [2.75, 3.05) is 13.6 Å². The second kappa shape index (κ2) is 5.89. The number of benzene rings is 1. The molecule has 17 heavy (non-hydrogen) atoms. The summed E-state index contributed by atoms with van der Waals surface area (Å²) in [6, 6.07) is 6.47. The quantitative estimate of drug-likeness (QED) is 0.825. The van der Waals surface area contributed by atoms with Gasteiger partial charge in [0, 0.05) is 17.4 Å². The Morgan fingerprint density at radius 2 is 2.06 bits per heavy atom. The van der Waals surface area contributed by atoms with Gasteiger partial charge in [-0.25, -0.2) is 9.37 Å². The van der Waals surface area contributed by atoms with Crippen molar-refractivity contribution in [1.29, 1.82) is 0 Å². The Labute approximate surface area is 105 Å². The predicted molar refractivity (Wildman–Crippen MR) is 69.8 cm³/mol. The van der Waals surface area contributed by atoms with Gasteiger partial charge in [-0.1, -0.05) is 0 Å². The summed E-state index contributed by atoms with van der Waals surface area (Å²) in [7, 11) is 1.95. The van der Waals surface area contributed by atoms with Crippen LogP contribution in [0.4, 0.5) is 4.39 Å². The molecule has 0 aliphatic carbocycles. The van der Waals surface area contributed by atoms with Crippen LogP contribution >= 0.6 is 11.3 Å². The summed E-state index contributed by atoms with van der Waals surface area (Å²) in [5.41, 5.74) is 1.91. The van der Waals surface area contributed by atoms with Gasteiger partial charge in [0.05, 0.1) is 10.7 Å². The molecule has 0 amide bonds. The molecule has 0 aliphatic rings. The van der Waals surface area contributed by atoms with Crippen LogP contribution in [-0.4, -0.2) is 18.6 Å². The highest BCUT2D eigenvalue weighted by molar-refractivity contribution is 7.09. The van der Waals surface area contributed by atoms with Crippen LogP contribution in [0.5, 0.6) is 0 Å². The molecule has 0 fully saturated rings. The fraction of sp³-hybridized carbons (Fsp3) is 0.308. The first-order valence-corrected chi connectivity index (χ1v) is 6.52. The van der Waals surface area contributed by atoms with Crippen LogP contribution in [0.15, 0.2) is 29.6 Å². The molecule has 90 valence electrons. The molecule has 0 saturated heterocycles. The van der Waals surface area contributed by atoms with Crippen LogP contribution in [0.25, 0.3) is 11.3 Å². The monoisotopic (exact) mass is 250 g/mol. The lowest BCUT2D eigenvalue weighted by Crippen LogP contribution is -2.08. The number of hydrogen-bond donors (Lipinski definition) is 1. The van der Waals surface area contributed by atoms with Gasteiger partial charge < -0.3 is 5.32 Å². The van der Waals surface area contributed by atoms with E-state index < -0.39 is 0 Å². The maximum absolute atomic E-state index is 12.8. The lowest BCUT2D eigenvalue weighted by atomic mass is 10.2. The van der Waals surface area contributed by atoms with E-state index in [4.69, 9.17) is 0 Å². The van der Waals surface area contributed by atoms with Crippen molar-refractivity contribution in [2.24, 2.45) is 0 Å². The van der Waals surface area contributed by atoms with Crippen LogP contribution in [0.1, 0.15) is 11.4 Å². The van der Waals surface area contributed by atoms with Crippen LogP contribution in [0.2, 0.25) is 0 Å². The van der Waals surface area contributed by atoms with Crippen molar-refractivity contribution in [3.63, 3.8) is 0 Å². The molecular weight excluding hydrogens is 235 g/mol. The second-order valence-corrected chi connectivity index (χ2v) is 4.78. The fourth-order valence-corrected chi connectivity index (χ4v) is 2.45. The SMILES string of the molecule is CNCCCc1nc(-c2ccc(F)cc2)cs1. The Morgan fingerprint density at radius 3 is 2.76 bits per heavy atom. The number of hydrogen-bond acceptors (Lipinski definition) is 3. The number of thiazole rings is 1. The number of aromatic nitrogens is 1. The third kappa shape index (κ3) is 3.35. The van der Waals surface area contributed by atoms with Gasteiger partial charge in [0.25, 0.3) is 0 Å². The molecule has 0 saturated carbocycles. The Bertz CT molecular complexity index is 465. The minimum absolute atomic E-state index is 0.210. The third-order valence-corrected chi connectivity index (χ3v) is 3.42. The predicted octanol–water partition coefficient (Wildman–Crippen LogP) is 3.10. The molecule has 0 unspecified atom stereocenters. The second-order valence-electron chi connectivity index (χ2n) is 3.84. The first-order valence-electron chi connectivity index (χ1n) is 5.64. The van der Waals surface area contributed by atoms with Gasteiger partial charge in [-0.2, -0.15) is 0 Å². The summed E-state index contributed by atoms with van der Waals surface area (Å²) in [6.45, 7) is 1.01. The van der Waals surface area contributed by atoms with E-state index in [1.807, 2.05) is 12.4 Å². The van der Waals surface area contributed by atoms with Crippen molar-refractivity contribution >= 4 is 11.3 Å². The highest BCUT2D eigenvalue weighted by Gasteiger charge is 2.04. The van der Waals surface area contributed by atoms with Crippen LogP contribution in [-0.2, 0) is 6.42 Å². The summed E-state index contributed by atoms with van der Waals surface area (Å²) >= 11 is 1.67. The highest BCUT2D eigenvalue weighted by Crippen LogP contribution is 2.22. The minimum atomic E-state index is -0.210. The van der Waals surface area contributed by atoms with Crippen molar-refractivity contribution in [2.45, 2.75) is 12.8 Å². The molecule has 0 spiro atoms. The zero-order valence-corrected chi connectivity index (χ0v) is 10.6. The first kappa shape index (κ1) is 12.2. The van der Waals surface area contributed by atoms with E-state index in [0.29, 0.717) is 0 Å². The Hall–Kier alpha value is -1.26. The molecule has 0 bridgehead atoms. The van der Waals surface area contributed by atoms with Crippen molar-refractivity contribution < 1.29 is 4.39 Å². The largest absolute Gasteiger partial charge is 0.320 e. The summed E-state index contributed by atoms with van der Waals surface area (Å²) in [6.07, 6.45) is 2.08. The average molecular weight is 250 g/mol. The lowest BCUT2D eigenvalue weighted by molar-refractivity contribution is 0.628. The normalized spacial score (nSPS) is 10.7. The van der Waals surface area contributed by atoms with Crippen LogP contribution in [0, 0.1) is 5.82 Å². The zero-order valence-electron chi connectivity index (χ0n) is 9.74. The molecule has 1 aromatic heterocycles. The van der Waals surface area contributed by atoms with E-state index >= 15 is 0 Å². The minimum Gasteiger partial charge on any atom is -0.320 e. The number of nitrogens with one attached hydrogen (secondary N) is 1. The number of halogens is 1. The highest BCUT2D eigenvalue weighted by atomic mass is 32.1. The standard InChI is InChI=1S/C13H15FN2S/c1-15-8-2-3-13-16-12(9-17-13)10-4-6-11(14)7-5-10/h4-7,9,15H,2-3,8H2,1H3. The number of rotatable bonds is 5. The molecule has 1 aromatic carbocycles. The summed E-state index contributed by atoms with van der Waals surface area (Å²) in [5, 5.41) is 6.29.